The van der Waals surface area contributed by atoms with Crippen molar-refractivity contribution in [3.63, 3.8) is 0 Å². The van der Waals surface area contributed by atoms with Gasteiger partial charge in [-0.15, -0.1) is 18.8 Å². The zero-order valence-electron chi connectivity index (χ0n) is 23.1. The molecular weight excluding hydrogens is 754 g/mol. The molecule has 0 saturated heterocycles. The summed E-state index contributed by atoms with van der Waals surface area (Å²) >= 11 is 0. The second-order valence-electron chi connectivity index (χ2n) is 9.21. The Labute approximate surface area is 265 Å². The summed E-state index contributed by atoms with van der Waals surface area (Å²) in [6.07, 6.45) is -1.98. The van der Waals surface area contributed by atoms with Crippen LogP contribution in [0.4, 0.5) is 33.3 Å². The Balaban J connectivity index is 0.000000223. The zero-order valence-corrected chi connectivity index (χ0v) is 25.5. The maximum absolute atomic E-state index is 13.3. The molecule has 0 atom stereocenters. The predicted octanol–water partition coefficient (Wildman–Crippen LogP) is 8.10. The molecule has 5 aromatic rings. The molecule has 0 bridgehead atoms. The maximum atomic E-state index is 13.3. The van der Waals surface area contributed by atoms with Crippen molar-refractivity contribution in [2.75, 3.05) is 9.91 Å². The van der Waals surface area contributed by atoms with E-state index in [-0.39, 0.29) is 25.7 Å². The minimum atomic E-state index is -4.39. The van der Waals surface area contributed by atoms with Gasteiger partial charge in [-0.2, -0.15) is 36.5 Å². The Morgan fingerprint density at radius 3 is 2.18 bits per heavy atom. The summed E-state index contributed by atoms with van der Waals surface area (Å²) in [5, 5.41) is 6.11. The molecule has 5 nitrogen and oxygen atoms in total. The molecule has 0 radical (unpaired) electrons. The normalized spacial score (nSPS) is 12.6. The van der Waals surface area contributed by atoms with Crippen molar-refractivity contribution in [2.24, 2.45) is 5.10 Å². The molecule has 0 spiro atoms. The Hall–Kier alpha value is -4.47. The van der Waals surface area contributed by atoms with E-state index in [0.717, 1.165) is 41.4 Å². The minimum Gasteiger partial charge on any atom is -0.456 e. The molecule has 11 heteroatoms. The fraction of sp³-hybridized carbons (Fsp3) is 0.0909. The van der Waals surface area contributed by atoms with Gasteiger partial charge < -0.3 is 14.9 Å². The average Bonchev–Trinajstić information content (AvgIpc) is 3.48. The fourth-order valence-corrected chi connectivity index (χ4v) is 4.14. The Morgan fingerprint density at radius 2 is 1.57 bits per heavy atom. The molecule has 0 N–H and O–H groups in total. The van der Waals surface area contributed by atoms with E-state index in [1.54, 1.807) is 18.9 Å². The van der Waals surface area contributed by atoms with Crippen LogP contribution in [-0.2, 0) is 32.7 Å². The number of anilines is 2. The summed E-state index contributed by atoms with van der Waals surface area (Å²) < 4.78 is 64.3. The third kappa shape index (κ3) is 7.72. The molecule has 6 rings (SSSR count). The Morgan fingerprint density at radius 1 is 0.864 bits per heavy atom. The van der Waals surface area contributed by atoms with Crippen molar-refractivity contribution in [3.8, 4) is 11.3 Å². The van der Waals surface area contributed by atoms with Crippen LogP contribution >= 0.6 is 0 Å². The van der Waals surface area contributed by atoms with Gasteiger partial charge in [-0.3, -0.25) is 4.98 Å². The molecule has 0 fully saturated rings. The monoisotopic (exact) mass is 777 g/mol. The number of hydrogen-bond acceptors (Lipinski definition) is 5. The number of pyridine rings is 2. The van der Waals surface area contributed by atoms with E-state index < -0.39 is 23.6 Å². The van der Waals surface area contributed by atoms with Crippen molar-refractivity contribution in [1.82, 2.24) is 9.97 Å². The van der Waals surface area contributed by atoms with Gasteiger partial charge in [0.2, 0.25) is 0 Å². The molecule has 224 valence electrons. The quantitative estimate of drug-likeness (QED) is 0.103. The third-order valence-corrected chi connectivity index (χ3v) is 6.33. The number of alkyl halides is 3. The largest absolute Gasteiger partial charge is 3.00 e. The molecule has 1 aliphatic heterocycles. The van der Waals surface area contributed by atoms with Crippen LogP contribution in [0.2, 0.25) is 0 Å². The van der Waals surface area contributed by atoms with Gasteiger partial charge in [0.25, 0.3) is 0 Å². The number of aromatic nitrogens is 2. The summed E-state index contributed by atoms with van der Waals surface area (Å²) in [7, 11) is 0. The first-order chi connectivity index (χ1) is 20.7. The summed E-state index contributed by atoms with van der Waals surface area (Å²) in [5.41, 5.74) is 3.03. The molecule has 0 unspecified atom stereocenters. The van der Waals surface area contributed by atoms with Gasteiger partial charge in [0.1, 0.15) is 17.7 Å². The number of amidine groups is 1. The number of hydrogen-bond donors (Lipinski definition) is 0. The number of halogens is 5. The summed E-state index contributed by atoms with van der Waals surface area (Å²) in [5.74, 6) is -1.09. The van der Waals surface area contributed by atoms with Gasteiger partial charge >= 0.3 is 26.3 Å². The Kier molecular flexibility index (Phi) is 10.6. The summed E-state index contributed by atoms with van der Waals surface area (Å²) in [6.45, 7) is 3.72. The molecule has 1 aliphatic rings. The maximum Gasteiger partial charge on any atom is 3.00 e. The van der Waals surface area contributed by atoms with Crippen molar-refractivity contribution < 1.29 is 42.1 Å². The summed E-state index contributed by atoms with van der Waals surface area (Å²) in [4.78, 5) is 9.00. The van der Waals surface area contributed by atoms with Crippen molar-refractivity contribution in [1.29, 1.82) is 0 Å². The first-order valence-electron chi connectivity index (χ1n) is 13.1. The summed E-state index contributed by atoms with van der Waals surface area (Å²) in [6, 6.07) is 32.3. The van der Waals surface area contributed by atoms with Gasteiger partial charge in [-0.25, -0.2) is 8.78 Å². The van der Waals surface area contributed by atoms with Crippen LogP contribution < -0.4 is 9.91 Å². The number of para-hydroxylation sites is 1. The van der Waals surface area contributed by atoms with Crippen molar-refractivity contribution in [3.05, 3.63) is 151 Å². The van der Waals surface area contributed by atoms with Crippen molar-refractivity contribution >= 4 is 17.2 Å². The van der Waals surface area contributed by atoms with Crippen LogP contribution in [0.15, 0.2) is 108 Å². The second kappa shape index (κ2) is 14.3. The number of hydrazone groups is 1. The van der Waals surface area contributed by atoms with Gasteiger partial charge in [0, 0.05) is 17.4 Å². The predicted molar refractivity (Wildman–Crippen MR) is 155 cm³/mol. The average molecular weight is 777 g/mol. The third-order valence-electron chi connectivity index (χ3n) is 6.33. The van der Waals surface area contributed by atoms with E-state index >= 15 is 0 Å². The van der Waals surface area contributed by atoms with Crippen molar-refractivity contribution in [2.45, 2.75) is 19.5 Å². The second-order valence-corrected chi connectivity index (χ2v) is 9.21. The number of nitrogens with zero attached hydrogens (tertiary/aromatic N) is 5. The van der Waals surface area contributed by atoms with E-state index in [2.05, 4.69) is 27.2 Å². The first-order valence-corrected chi connectivity index (χ1v) is 13.1. The number of benzene rings is 3. The van der Waals surface area contributed by atoms with Gasteiger partial charge in [-0.05, 0) is 30.3 Å². The number of rotatable bonds is 5. The van der Waals surface area contributed by atoms with E-state index in [9.17, 15) is 22.0 Å². The fourth-order valence-electron chi connectivity index (χ4n) is 4.14. The van der Waals surface area contributed by atoms with Crippen LogP contribution in [0, 0.1) is 30.7 Å². The molecule has 0 amide bonds. The van der Waals surface area contributed by atoms with Crippen LogP contribution in [0.1, 0.15) is 23.6 Å². The molecule has 44 heavy (non-hydrogen) atoms. The zero-order chi connectivity index (χ0) is 30.4. The smallest absolute Gasteiger partial charge is 0.456 e. The molecular formula is C33H23F5IrN5. The van der Waals surface area contributed by atoms with Gasteiger partial charge in [0.15, 0.2) is 0 Å². The van der Waals surface area contributed by atoms with Crippen LogP contribution in [0.3, 0.4) is 0 Å². The topological polar surface area (TPSA) is 44.6 Å². The SMILES string of the molecule is CCc1ccnc(-c2[c-]cc(F)nc2F)c1.FC(F)(F)c1c[c-]c(N2[CH-]N(c3ccccc3)C(c3ccccc3)=N2)cc1.[Ir+3]. The van der Waals surface area contributed by atoms with Gasteiger partial charge in [0.05, 0.1) is 0 Å². The van der Waals surface area contributed by atoms with E-state index in [1.165, 1.54) is 11.1 Å². The molecule has 3 aromatic carbocycles. The van der Waals surface area contributed by atoms with E-state index in [0.29, 0.717) is 17.2 Å². The first kappa shape index (κ1) is 32.4. The molecule has 0 saturated carbocycles. The molecule has 2 aromatic heterocycles. The number of aryl methyl sites for hydroxylation is 1. The Bertz CT molecular complexity index is 1700. The van der Waals surface area contributed by atoms with Gasteiger partial charge in [-0.1, -0.05) is 90.0 Å². The standard InChI is InChI=1S/C21H14F3N3.C12H9F2N2.Ir/c22-21(23,24)17-11-13-19(14-12-17)27-15-26(18-9-5-2-6-10-18)20(25-27)16-7-3-1-4-8-16;1-2-8-5-6-15-10(7-8)9-3-4-11(13)16-12(9)14;/h1-13,15H;4-7H,2H2,1H3;/q-2;-1;+3. The minimum absolute atomic E-state index is 0. The molecule has 3 heterocycles. The van der Waals surface area contributed by atoms with E-state index in [4.69, 9.17) is 0 Å². The van der Waals surface area contributed by atoms with Crippen LogP contribution in [-0.4, -0.2) is 15.8 Å². The van der Waals surface area contributed by atoms with Crippen LogP contribution in [0.25, 0.3) is 11.3 Å². The van der Waals surface area contributed by atoms with Crippen LogP contribution in [0.5, 0.6) is 0 Å². The van der Waals surface area contributed by atoms with E-state index in [1.807, 2.05) is 78.6 Å². The molecule has 0 aliphatic carbocycles.